The molecule has 3 rings (SSSR count). The maximum atomic E-state index is 13.2. The highest BCUT2D eigenvalue weighted by Gasteiger charge is 2.29. The summed E-state index contributed by atoms with van der Waals surface area (Å²) in [7, 11) is 1.26. The molecule has 1 heterocycles. The normalized spacial score (nSPS) is 12.2. The van der Waals surface area contributed by atoms with Gasteiger partial charge in [0.05, 0.1) is 24.6 Å². The minimum Gasteiger partial charge on any atom is -0.469 e. The van der Waals surface area contributed by atoms with Crippen molar-refractivity contribution in [2.24, 2.45) is 0 Å². The number of rotatable bonds is 10. The molecule has 242 valence electrons. The van der Waals surface area contributed by atoms with Crippen LogP contribution in [0.15, 0.2) is 48.5 Å². The van der Waals surface area contributed by atoms with Gasteiger partial charge in [0, 0.05) is 18.5 Å². The minimum atomic E-state index is -1.25. The zero-order chi connectivity index (χ0) is 33.4. The molecule has 0 aliphatic heterocycles. The van der Waals surface area contributed by atoms with E-state index in [4.69, 9.17) is 18.9 Å². The number of aryl methyl sites for hydroxylation is 1. The Morgan fingerprint density at radius 1 is 0.911 bits per heavy atom. The molecule has 0 fully saturated rings. The summed E-state index contributed by atoms with van der Waals surface area (Å²) in [5.74, 6) is -1.56. The van der Waals surface area contributed by atoms with Gasteiger partial charge in [0.25, 0.3) is 5.91 Å². The number of alkyl carbamates (subject to hydrolysis) is 1. The van der Waals surface area contributed by atoms with Gasteiger partial charge in [-0.05, 0) is 65.3 Å². The number of amides is 2. The van der Waals surface area contributed by atoms with E-state index >= 15 is 0 Å². The molecule has 13 heteroatoms. The first kappa shape index (κ1) is 34.5. The first-order valence-electron chi connectivity index (χ1n) is 14.4. The minimum absolute atomic E-state index is 0.0162. The number of imidazole rings is 1. The van der Waals surface area contributed by atoms with Gasteiger partial charge in [0.1, 0.15) is 29.7 Å². The summed E-state index contributed by atoms with van der Waals surface area (Å²) in [5.41, 5.74) is -0.0359. The van der Waals surface area contributed by atoms with Crippen LogP contribution in [0.4, 0.5) is 9.59 Å². The third-order valence-electron chi connectivity index (χ3n) is 6.01. The summed E-state index contributed by atoms with van der Waals surface area (Å²) in [6.07, 6.45) is -1.49. The quantitative estimate of drug-likeness (QED) is 0.246. The molecule has 0 saturated heterocycles. The molecule has 0 radical (unpaired) electrons. The molecule has 0 aliphatic carbocycles. The van der Waals surface area contributed by atoms with Crippen molar-refractivity contribution in [2.45, 2.75) is 78.2 Å². The standard InChI is InChI=1S/C32H40N4O9/c1-31(2,3)44-28(39)23(35-29(40)43-19-20-11-9-8-10-12-20)18-33-27(38)21-13-14-24-22(17-21)34-25(15-16-26(37)42-7)36(24)30(41)45-32(4,5)6/h8-14,17,23H,15-16,18-19H2,1-7H3,(H,33,38)(H,35,40). The van der Waals surface area contributed by atoms with Gasteiger partial charge in [-0.3, -0.25) is 9.59 Å². The Bertz CT molecular complexity index is 1540. The fourth-order valence-electron chi connectivity index (χ4n) is 4.04. The smallest absolute Gasteiger partial charge is 0.420 e. The van der Waals surface area contributed by atoms with Gasteiger partial charge in [-0.15, -0.1) is 0 Å². The number of methoxy groups -OCH3 is 1. The Hall–Kier alpha value is -4.94. The van der Waals surface area contributed by atoms with Crippen LogP contribution in [0.3, 0.4) is 0 Å². The SMILES string of the molecule is COC(=O)CCc1nc2cc(C(=O)NCC(NC(=O)OCc3ccccc3)C(=O)OC(C)(C)C)ccc2n1C(=O)OC(C)(C)C. The largest absolute Gasteiger partial charge is 0.469 e. The number of esters is 2. The lowest BCUT2D eigenvalue weighted by Crippen LogP contribution is -2.50. The van der Waals surface area contributed by atoms with Crippen molar-refractivity contribution in [3.05, 3.63) is 65.5 Å². The molecule has 13 nitrogen and oxygen atoms in total. The van der Waals surface area contributed by atoms with E-state index in [-0.39, 0.29) is 37.4 Å². The van der Waals surface area contributed by atoms with Gasteiger partial charge >= 0.3 is 24.1 Å². The van der Waals surface area contributed by atoms with Crippen molar-refractivity contribution in [3.63, 3.8) is 0 Å². The van der Waals surface area contributed by atoms with Crippen molar-refractivity contribution < 1.29 is 42.9 Å². The van der Waals surface area contributed by atoms with Crippen molar-refractivity contribution >= 4 is 41.1 Å². The zero-order valence-corrected chi connectivity index (χ0v) is 26.6. The topological polar surface area (TPSA) is 164 Å². The van der Waals surface area contributed by atoms with Gasteiger partial charge < -0.3 is 29.6 Å². The molecule has 1 aromatic heterocycles. The molecule has 1 atom stereocenters. The lowest BCUT2D eigenvalue weighted by Gasteiger charge is -2.24. The van der Waals surface area contributed by atoms with E-state index in [2.05, 4.69) is 15.6 Å². The second-order valence-corrected chi connectivity index (χ2v) is 12.1. The van der Waals surface area contributed by atoms with Gasteiger partial charge in [0.2, 0.25) is 0 Å². The van der Waals surface area contributed by atoms with Gasteiger partial charge in [-0.25, -0.2) is 23.9 Å². The summed E-state index contributed by atoms with van der Waals surface area (Å²) in [6, 6.07) is 12.2. The molecule has 1 unspecified atom stereocenters. The van der Waals surface area contributed by atoms with Crippen molar-refractivity contribution in [1.82, 2.24) is 20.2 Å². The number of benzene rings is 2. The van der Waals surface area contributed by atoms with E-state index in [1.54, 1.807) is 65.8 Å². The van der Waals surface area contributed by atoms with Gasteiger partial charge in [-0.2, -0.15) is 0 Å². The first-order valence-corrected chi connectivity index (χ1v) is 14.4. The Kier molecular flexibility index (Phi) is 11.3. The number of ether oxygens (including phenoxy) is 4. The van der Waals surface area contributed by atoms with E-state index in [1.165, 1.54) is 29.9 Å². The van der Waals surface area contributed by atoms with Crippen LogP contribution in [0, 0.1) is 0 Å². The van der Waals surface area contributed by atoms with Crippen LogP contribution in [0.25, 0.3) is 11.0 Å². The maximum Gasteiger partial charge on any atom is 0.420 e. The predicted molar refractivity (Wildman–Crippen MR) is 163 cm³/mol. The van der Waals surface area contributed by atoms with Crippen molar-refractivity contribution in [3.8, 4) is 0 Å². The van der Waals surface area contributed by atoms with E-state index in [1.807, 2.05) is 6.07 Å². The highest BCUT2D eigenvalue weighted by Crippen LogP contribution is 2.22. The van der Waals surface area contributed by atoms with E-state index in [0.717, 1.165) is 5.56 Å². The molecule has 45 heavy (non-hydrogen) atoms. The fourth-order valence-corrected chi connectivity index (χ4v) is 4.04. The van der Waals surface area contributed by atoms with Crippen LogP contribution in [0.5, 0.6) is 0 Å². The molecule has 0 bridgehead atoms. The molecule has 2 aromatic carbocycles. The van der Waals surface area contributed by atoms with Crippen LogP contribution in [0.2, 0.25) is 0 Å². The van der Waals surface area contributed by atoms with E-state index < -0.39 is 47.3 Å². The molecule has 2 amide bonds. The Morgan fingerprint density at radius 3 is 2.20 bits per heavy atom. The number of nitrogens with zero attached hydrogens (tertiary/aromatic N) is 2. The Morgan fingerprint density at radius 2 is 1.58 bits per heavy atom. The van der Waals surface area contributed by atoms with Gasteiger partial charge in [0.15, 0.2) is 0 Å². The third kappa shape index (κ3) is 10.6. The van der Waals surface area contributed by atoms with Crippen LogP contribution >= 0.6 is 0 Å². The second-order valence-electron chi connectivity index (χ2n) is 12.1. The number of carbonyl (C=O) groups excluding carboxylic acids is 5. The van der Waals surface area contributed by atoms with Crippen molar-refractivity contribution in [1.29, 1.82) is 0 Å². The lowest BCUT2D eigenvalue weighted by atomic mass is 10.1. The highest BCUT2D eigenvalue weighted by atomic mass is 16.6. The molecule has 2 N–H and O–H groups in total. The third-order valence-corrected chi connectivity index (χ3v) is 6.01. The number of carbonyl (C=O) groups is 5. The van der Waals surface area contributed by atoms with Crippen LogP contribution in [0.1, 0.15) is 69.7 Å². The van der Waals surface area contributed by atoms with Crippen molar-refractivity contribution in [2.75, 3.05) is 13.7 Å². The highest BCUT2D eigenvalue weighted by molar-refractivity contribution is 5.99. The predicted octanol–water partition coefficient (Wildman–Crippen LogP) is 4.29. The first-order chi connectivity index (χ1) is 21.1. The fraction of sp³-hybridized carbons (Fsp3) is 0.438. The lowest BCUT2D eigenvalue weighted by molar-refractivity contribution is -0.157. The van der Waals surface area contributed by atoms with E-state index in [0.29, 0.717) is 11.0 Å². The second kappa shape index (κ2) is 14.7. The van der Waals surface area contributed by atoms with Crippen LogP contribution < -0.4 is 10.6 Å². The molecular formula is C32H40N4O9. The number of fused-ring (bicyclic) bond motifs is 1. The number of hydrogen-bond donors (Lipinski definition) is 2. The zero-order valence-electron chi connectivity index (χ0n) is 26.6. The molecular weight excluding hydrogens is 584 g/mol. The number of nitrogens with one attached hydrogen (secondary N) is 2. The summed E-state index contributed by atoms with van der Waals surface area (Å²) < 4.78 is 22.2. The Labute approximate surface area is 261 Å². The van der Waals surface area contributed by atoms with E-state index in [9.17, 15) is 24.0 Å². The molecule has 0 saturated carbocycles. The summed E-state index contributed by atoms with van der Waals surface area (Å²) >= 11 is 0. The van der Waals surface area contributed by atoms with Gasteiger partial charge in [-0.1, -0.05) is 30.3 Å². The molecule has 0 spiro atoms. The Balaban J connectivity index is 1.79. The average molecular weight is 625 g/mol. The maximum absolute atomic E-state index is 13.2. The number of hydrogen-bond acceptors (Lipinski definition) is 10. The summed E-state index contributed by atoms with van der Waals surface area (Å²) in [5, 5.41) is 5.10. The van der Waals surface area contributed by atoms with Crippen LogP contribution in [-0.2, 0) is 41.6 Å². The monoisotopic (exact) mass is 624 g/mol. The molecule has 3 aromatic rings. The van der Waals surface area contributed by atoms with Crippen LogP contribution in [-0.4, -0.2) is 70.5 Å². The summed E-state index contributed by atoms with van der Waals surface area (Å²) in [6.45, 7) is 9.90. The number of aromatic nitrogens is 2. The summed E-state index contributed by atoms with van der Waals surface area (Å²) in [4.78, 5) is 67.9. The molecule has 0 aliphatic rings. The average Bonchev–Trinajstić information content (AvgIpc) is 3.33.